The van der Waals surface area contributed by atoms with E-state index < -0.39 is 0 Å². The molecule has 1 N–H and O–H groups in total. The standard InChI is InChI=1S/C14H13BrClN3/c15-11-8-17-14(16)19-13(11)18-12-7-3-5-9-4-1-2-6-10(9)12/h1-2,4,6,8,12H,3,5,7H2,(H,17,18,19). The van der Waals surface area contributed by atoms with E-state index in [1.807, 2.05) is 0 Å². The van der Waals surface area contributed by atoms with Crippen LogP contribution in [0, 0.1) is 0 Å². The summed E-state index contributed by atoms with van der Waals surface area (Å²) in [5.41, 5.74) is 2.78. The Morgan fingerprint density at radius 1 is 1.32 bits per heavy atom. The van der Waals surface area contributed by atoms with Crippen LogP contribution in [0.25, 0.3) is 0 Å². The molecule has 0 bridgehead atoms. The average Bonchev–Trinajstić information content (AvgIpc) is 2.43. The lowest BCUT2D eigenvalue weighted by molar-refractivity contribution is 0.598. The van der Waals surface area contributed by atoms with Gasteiger partial charge in [0, 0.05) is 6.20 Å². The van der Waals surface area contributed by atoms with Crippen molar-refractivity contribution in [2.24, 2.45) is 0 Å². The van der Waals surface area contributed by atoms with E-state index in [0.717, 1.165) is 23.1 Å². The summed E-state index contributed by atoms with van der Waals surface area (Å²) in [6, 6.07) is 8.85. The van der Waals surface area contributed by atoms with Crippen LogP contribution >= 0.6 is 27.5 Å². The molecule has 3 nitrogen and oxygen atoms in total. The van der Waals surface area contributed by atoms with E-state index in [1.54, 1.807) is 6.20 Å². The highest BCUT2D eigenvalue weighted by Gasteiger charge is 2.20. The van der Waals surface area contributed by atoms with Gasteiger partial charge in [0.05, 0.1) is 10.5 Å². The Bertz CT molecular complexity index is 603. The van der Waals surface area contributed by atoms with Gasteiger partial charge in [-0.2, -0.15) is 4.98 Å². The monoisotopic (exact) mass is 337 g/mol. The molecule has 0 radical (unpaired) electrons. The molecule has 1 atom stereocenters. The first kappa shape index (κ1) is 12.9. The molecule has 98 valence electrons. The lowest BCUT2D eigenvalue weighted by Gasteiger charge is -2.27. The van der Waals surface area contributed by atoms with E-state index in [2.05, 4.69) is 55.5 Å². The van der Waals surface area contributed by atoms with Crippen LogP contribution in [0.2, 0.25) is 5.28 Å². The molecule has 0 saturated heterocycles. The van der Waals surface area contributed by atoms with Crippen molar-refractivity contribution in [3.8, 4) is 0 Å². The Balaban J connectivity index is 1.90. The Kier molecular flexibility index (Phi) is 3.71. The number of nitrogens with one attached hydrogen (secondary N) is 1. The first-order valence-electron chi connectivity index (χ1n) is 6.26. The third kappa shape index (κ3) is 2.74. The first-order valence-corrected chi connectivity index (χ1v) is 7.43. The summed E-state index contributed by atoms with van der Waals surface area (Å²) in [4.78, 5) is 8.18. The van der Waals surface area contributed by atoms with E-state index in [1.165, 1.54) is 17.5 Å². The maximum Gasteiger partial charge on any atom is 0.224 e. The molecule has 2 aromatic rings. The summed E-state index contributed by atoms with van der Waals surface area (Å²) in [7, 11) is 0. The lowest BCUT2D eigenvalue weighted by atomic mass is 9.88. The third-order valence-corrected chi connectivity index (χ3v) is 4.16. The van der Waals surface area contributed by atoms with Crippen LogP contribution in [-0.2, 0) is 6.42 Å². The molecule has 1 aliphatic rings. The minimum absolute atomic E-state index is 0.259. The van der Waals surface area contributed by atoms with Crippen molar-refractivity contribution in [3.63, 3.8) is 0 Å². The van der Waals surface area contributed by atoms with Crippen LogP contribution in [0.1, 0.15) is 30.0 Å². The highest BCUT2D eigenvalue weighted by molar-refractivity contribution is 9.10. The molecule has 1 aromatic carbocycles. The highest BCUT2D eigenvalue weighted by Crippen LogP contribution is 2.33. The number of nitrogens with zero attached hydrogens (tertiary/aromatic N) is 2. The topological polar surface area (TPSA) is 37.8 Å². The van der Waals surface area contributed by atoms with Crippen LogP contribution in [0.4, 0.5) is 5.82 Å². The molecule has 1 heterocycles. The third-order valence-electron chi connectivity index (χ3n) is 3.40. The van der Waals surface area contributed by atoms with E-state index in [4.69, 9.17) is 11.6 Å². The maximum absolute atomic E-state index is 5.85. The number of hydrogen-bond acceptors (Lipinski definition) is 3. The van der Waals surface area contributed by atoms with Crippen molar-refractivity contribution in [1.29, 1.82) is 0 Å². The molecular weight excluding hydrogens is 326 g/mol. The van der Waals surface area contributed by atoms with Crippen molar-refractivity contribution in [2.45, 2.75) is 25.3 Å². The molecule has 19 heavy (non-hydrogen) atoms. The number of aromatic nitrogens is 2. The summed E-state index contributed by atoms with van der Waals surface area (Å²) >= 11 is 9.30. The number of anilines is 1. The van der Waals surface area contributed by atoms with Gasteiger partial charge < -0.3 is 5.32 Å². The van der Waals surface area contributed by atoms with Gasteiger partial charge in [-0.1, -0.05) is 24.3 Å². The van der Waals surface area contributed by atoms with Crippen LogP contribution in [0.5, 0.6) is 0 Å². The van der Waals surface area contributed by atoms with Crippen molar-refractivity contribution in [2.75, 3.05) is 5.32 Å². The SMILES string of the molecule is Clc1ncc(Br)c(NC2CCCc3ccccc32)n1. The zero-order valence-corrected chi connectivity index (χ0v) is 12.6. The van der Waals surface area contributed by atoms with Crippen molar-refractivity contribution in [3.05, 3.63) is 51.3 Å². The Morgan fingerprint density at radius 3 is 3.05 bits per heavy atom. The highest BCUT2D eigenvalue weighted by atomic mass is 79.9. The van der Waals surface area contributed by atoms with Crippen molar-refractivity contribution in [1.82, 2.24) is 9.97 Å². The predicted molar refractivity (Wildman–Crippen MR) is 80.5 cm³/mol. The summed E-state index contributed by atoms with van der Waals surface area (Å²) in [5.74, 6) is 0.752. The maximum atomic E-state index is 5.85. The quantitative estimate of drug-likeness (QED) is 0.826. The molecule has 0 amide bonds. The molecule has 0 aliphatic heterocycles. The van der Waals surface area contributed by atoms with Gasteiger partial charge in [-0.05, 0) is 57.9 Å². The van der Waals surface area contributed by atoms with Crippen molar-refractivity contribution >= 4 is 33.3 Å². The van der Waals surface area contributed by atoms with Gasteiger partial charge in [-0.3, -0.25) is 0 Å². The second-order valence-electron chi connectivity index (χ2n) is 4.62. The number of hydrogen-bond donors (Lipinski definition) is 1. The number of fused-ring (bicyclic) bond motifs is 1. The molecule has 1 aromatic heterocycles. The predicted octanol–water partition coefficient (Wildman–Crippen LogP) is 4.38. The van der Waals surface area contributed by atoms with E-state index >= 15 is 0 Å². The average molecular weight is 339 g/mol. The smallest absolute Gasteiger partial charge is 0.224 e. The molecule has 1 unspecified atom stereocenters. The van der Waals surface area contributed by atoms with E-state index in [0.29, 0.717) is 0 Å². The molecule has 3 rings (SSSR count). The Hall–Kier alpha value is -1.13. The van der Waals surface area contributed by atoms with Gasteiger partial charge in [0.2, 0.25) is 5.28 Å². The zero-order chi connectivity index (χ0) is 13.2. The fourth-order valence-electron chi connectivity index (χ4n) is 2.52. The van der Waals surface area contributed by atoms with Gasteiger partial charge >= 0.3 is 0 Å². The van der Waals surface area contributed by atoms with Gasteiger partial charge in [-0.15, -0.1) is 0 Å². The minimum Gasteiger partial charge on any atom is -0.362 e. The largest absolute Gasteiger partial charge is 0.362 e. The van der Waals surface area contributed by atoms with Gasteiger partial charge in [0.25, 0.3) is 0 Å². The van der Waals surface area contributed by atoms with Crippen LogP contribution in [0.15, 0.2) is 34.9 Å². The van der Waals surface area contributed by atoms with Crippen LogP contribution < -0.4 is 5.32 Å². The first-order chi connectivity index (χ1) is 9.24. The number of benzene rings is 1. The molecule has 0 spiro atoms. The van der Waals surface area contributed by atoms with Crippen LogP contribution in [-0.4, -0.2) is 9.97 Å². The summed E-state index contributed by atoms with van der Waals surface area (Å²) in [6.45, 7) is 0. The van der Waals surface area contributed by atoms with Crippen molar-refractivity contribution < 1.29 is 0 Å². The molecule has 0 fully saturated rings. The number of aryl methyl sites for hydroxylation is 1. The second-order valence-corrected chi connectivity index (χ2v) is 5.82. The fraction of sp³-hybridized carbons (Fsp3) is 0.286. The molecule has 1 aliphatic carbocycles. The Labute approximate surface area is 125 Å². The minimum atomic E-state index is 0.259. The molecular formula is C14H13BrClN3. The van der Waals surface area contributed by atoms with Crippen LogP contribution in [0.3, 0.4) is 0 Å². The zero-order valence-electron chi connectivity index (χ0n) is 10.2. The molecule has 0 saturated carbocycles. The number of rotatable bonds is 2. The summed E-state index contributed by atoms with van der Waals surface area (Å²) in [6.07, 6.45) is 5.11. The van der Waals surface area contributed by atoms with E-state index in [9.17, 15) is 0 Å². The van der Waals surface area contributed by atoms with E-state index in [-0.39, 0.29) is 11.3 Å². The second kappa shape index (κ2) is 5.47. The van der Waals surface area contributed by atoms with Gasteiger partial charge in [0.1, 0.15) is 5.82 Å². The Morgan fingerprint density at radius 2 is 2.16 bits per heavy atom. The summed E-state index contributed by atoms with van der Waals surface area (Å²) in [5, 5.41) is 3.72. The van der Waals surface area contributed by atoms with Gasteiger partial charge in [0.15, 0.2) is 0 Å². The van der Waals surface area contributed by atoms with Gasteiger partial charge in [-0.25, -0.2) is 4.98 Å². The number of halogens is 2. The molecule has 5 heteroatoms. The lowest BCUT2D eigenvalue weighted by Crippen LogP contribution is -2.18. The summed E-state index contributed by atoms with van der Waals surface area (Å²) < 4.78 is 0.833. The normalized spacial score (nSPS) is 17.9. The fourth-order valence-corrected chi connectivity index (χ4v) is 2.95.